The number of hydrogen-bond donors (Lipinski definition) is 0. The topological polar surface area (TPSA) is 243 Å². The second-order valence-electron chi connectivity index (χ2n) is 5.96. The van der Waals surface area contributed by atoms with Crippen molar-refractivity contribution < 1.29 is 83.7 Å². The Labute approximate surface area is 222 Å². The Morgan fingerprint density at radius 3 is 1.08 bits per heavy atom. The zero-order valence-corrected chi connectivity index (χ0v) is 19.3. The van der Waals surface area contributed by atoms with E-state index in [4.69, 9.17) is 0 Å². The van der Waals surface area contributed by atoms with Crippen LogP contribution < -0.4 is 40.6 Å². The molecule has 0 aliphatic rings. The van der Waals surface area contributed by atoms with Gasteiger partial charge in [0.15, 0.2) is 24.8 Å². The molecule has 14 nitrogen and oxygen atoms in total. The summed E-state index contributed by atoms with van der Waals surface area (Å²) in [7, 11) is 0. The Bertz CT molecular complexity index is 1120. The molecule has 4 aromatic rings. The van der Waals surface area contributed by atoms with E-state index in [1.54, 1.807) is 0 Å². The van der Waals surface area contributed by atoms with Crippen molar-refractivity contribution in [2.45, 2.75) is 0 Å². The fourth-order valence-electron chi connectivity index (χ4n) is 2.15. The van der Waals surface area contributed by atoms with Crippen LogP contribution in [0.25, 0.3) is 11.1 Å². The van der Waals surface area contributed by atoms with E-state index >= 15 is 0 Å². The SMILES string of the molecule is O=C([O-])c1cc(C(=O)[O-])[n-]n1.O=C([O-])c1cc(C(=O)[O-])[n-]n1.[Cu+2].[Cu+2].c1cc(-c2cc[nH+]cc2)cc[nH+]1. The smallest absolute Gasteiger partial charge is 0.573 e. The Morgan fingerprint density at radius 2 is 0.889 bits per heavy atom. The molecule has 2 N–H and O–H groups in total. The van der Waals surface area contributed by atoms with Crippen molar-refractivity contribution in [1.29, 1.82) is 0 Å². The Kier molecular flexibility index (Phi) is 13.6. The normalized spacial score (nSPS) is 9.00. The zero-order valence-electron chi connectivity index (χ0n) is 17.4. The van der Waals surface area contributed by atoms with Crippen LogP contribution in [0.3, 0.4) is 0 Å². The molecule has 0 fully saturated rings. The summed E-state index contributed by atoms with van der Waals surface area (Å²) in [6, 6.07) is 9.74. The van der Waals surface area contributed by atoms with Crippen molar-refractivity contribution in [3.63, 3.8) is 0 Å². The van der Waals surface area contributed by atoms with Gasteiger partial charge in [-0.1, -0.05) is 11.4 Å². The molecule has 4 heterocycles. The molecule has 0 saturated carbocycles. The van der Waals surface area contributed by atoms with E-state index in [2.05, 4.69) is 54.6 Å². The molecule has 0 amide bonds. The maximum atomic E-state index is 10.0. The Hall–Kier alpha value is -4.36. The van der Waals surface area contributed by atoms with Gasteiger partial charge in [0.2, 0.25) is 0 Å². The minimum absolute atomic E-state index is 0. The molecule has 0 bridgehead atoms. The summed E-state index contributed by atoms with van der Waals surface area (Å²) in [5.74, 6) is -6.26. The van der Waals surface area contributed by atoms with Gasteiger partial charge < -0.3 is 60.0 Å². The number of aromatic amines is 2. The number of carboxylic acid groups (broad SMARTS) is 4. The predicted octanol–water partition coefficient (Wildman–Crippen LogP) is -5.49. The average Bonchev–Trinajstić information content (AvgIpc) is 3.52. The molecule has 36 heavy (non-hydrogen) atoms. The molecule has 2 radical (unpaired) electrons. The summed E-state index contributed by atoms with van der Waals surface area (Å²) in [4.78, 5) is 46.0. The summed E-state index contributed by atoms with van der Waals surface area (Å²) in [5, 5.41) is 52.1. The number of carboxylic acids is 4. The summed E-state index contributed by atoms with van der Waals surface area (Å²) in [6.07, 6.45) is 7.69. The minimum Gasteiger partial charge on any atom is -0.573 e. The Balaban J connectivity index is 0.000000498. The number of H-pyrrole nitrogens is 2. The van der Waals surface area contributed by atoms with Gasteiger partial charge in [-0.3, -0.25) is 0 Å². The Morgan fingerprint density at radius 1 is 0.583 bits per heavy atom. The fourth-order valence-corrected chi connectivity index (χ4v) is 2.15. The van der Waals surface area contributed by atoms with Crippen molar-refractivity contribution in [3.8, 4) is 11.1 Å². The summed E-state index contributed by atoms with van der Waals surface area (Å²) >= 11 is 0. The molecule has 4 aromatic heterocycles. The van der Waals surface area contributed by atoms with E-state index in [0.717, 1.165) is 12.1 Å². The van der Waals surface area contributed by atoms with Gasteiger partial charge in [-0.25, -0.2) is 9.97 Å². The third-order valence-electron chi connectivity index (χ3n) is 3.68. The van der Waals surface area contributed by atoms with Crippen LogP contribution >= 0.6 is 0 Å². The first kappa shape index (κ1) is 31.6. The van der Waals surface area contributed by atoms with Crippen molar-refractivity contribution in [1.82, 2.24) is 20.4 Å². The van der Waals surface area contributed by atoms with Gasteiger partial charge >= 0.3 is 34.1 Å². The molecule has 0 spiro atoms. The number of aromatic carboxylic acids is 4. The van der Waals surface area contributed by atoms with Crippen LogP contribution in [0.5, 0.6) is 0 Å². The monoisotopic (exact) mass is 590 g/mol. The summed E-state index contributed by atoms with van der Waals surface area (Å²) < 4.78 is 0. The number of rotatable bonds is 5. The summed E-state index contributed by atoms with van der Waals surface area (Å²) in [6.45, 7) is 0. The van der Waals surface area contributed by atoms with E-state index in [0.29, 0.717) is 0 Å². The van der Waals surface area contributed by atoms with E-state index < -0.39 is 46.7 Å². The van der Waals surface area contributed by atoms with Crippen LogP contribution in [0.2, 0.25) is 0 Å². The van der Waals surface area contributed by atoms with E-state index in [1.165, 1.54) is 11.1 Å². The van der Waals surface area contributed by atoms with Crippen molar-refractivity contribution in [2.24, 2.45) is 0 Å². The van der Waals surface area contributed by atoms with Crippen LogP contribution in [0.1, 0.15) is 42.0 Å². The first-order valence-corrected chi connectivity index (χ1v) is 8.97. The quantitative estimate of drug-likeness (QED) is 0.197. The van der Waals surface area contributed by atoms with Gasteiger partial charge in [0.1, 0.15) is 0 Å². The van der Waals surface area contributed by atoms with Gasteiger partial charge in [-0.2, -0.15) is 0 Å². The zero-order chi connectivity index (χ0) is 25.1. The fraction of sp³-hybridized carbons (Fsp3) is 0. The molecule has 16 heteroatoms. The first-order chi connectivity index (χ1) is 16.2. The van der Waals surface area contributed by atoms with Gasteiger partial charge in [0.25, 0.3) is 0 Å². The second-order valence-corrected chi connectivity index (χ2v) is 5.96. The van der Waals surface area contributed by atoms with Crippen molar-refractivity contribution >= 4 is 23.9 Å². The van der Waals surface area contributed by atoms with E-state index in [-0.39, 0.29) is 34.1 Å². The van der Waals surface area contributed by atoms with E-state index in [9.17, 15) is 39.6 Å². The van der Waals surface area contributed by atoms with Crippen LogP contribution in [0.15, 0.2) is 61.2 Å². The van der Waals surface area contributed by atoms with E-state index in [1.807, 2.05) is 24.8 Å². The van der Waals surface area contributed by atoms with Gasteiger partial charge in [0.05, 0.1) is 35.3 Å². The third-order valence-corrected chi connectivity index (χ3v) is 3.68. The third kappa shape index (κ3) is 9.87. The van der Waals surface area contributed by atoms with Crippen molar-refractivity contribution in [2.75, 3.05) is 0 Å². The average molecular weight is 591 g/mol. The molecule has 0 atom stereocenters. The van der Waals surface area contributed by atoms with Gasteiger partial charge in [0, 0.05) is 24.3 Å². The van der Waals surface area contributed by atoms with Crippen molar-refractivity contribution in [3.05, 3.63) is 84.0 Å². The molecular weight excluding hydrogens is 579 g/mol. The van der Waals surface area contributed by atoms with Gasteiger partial charge in [-0.05, 0) is 23.3 Å². The summed E-state index contributed by atoms with van der Waals surface area (Å²) in [5.41, 5.74) is 0.410. The maximum absolute atomic E-state index is 10.0. The first-order valence-electron chi connectivity index (χ1n) is 8.97. The molecule has 0 aliphatic carbocycles. The standard InChI is InChI=1S/C10H8N2.2C5H4N2O4.2Cu/c1-5-11-6-2-9(1)10-3-7-12-8-4-10;2*8-4(9)2-1-3(5(10)11)7-6-2;;/h1-8H;2*1H,(H3,6,7,8,9,10,11);;/q;;;2*+2/p-4. The number of nitrogens with one attached hydrogen (secondary N) is 2. The number of pyridine rings is 2. The minimum atomic E-state index is -1.56. The number of nitrogens with zero attached hydrogens (tertiary/aromatic N) is 4. The number of carbonyl (C=O) groups excluding carboxylic acids is 4. The van der Waals surface area contributed by atoms with Crippen LogP contribution in [-0.4, -0.2) is 34.1 Å². The number of aromatic nitrogens is 6. The van der Waals surface area contributed by atoms with Crippen LogP contribution in [0, 0.1) is 0 Å². The molecule has 0 aromatic carbocycles. The molecule has 0 aliphatic heterocycles. The van der Waals surface area contributed by atoms with Gasteiger partial charge in [-0.15, -0.1) is 0 Å². The molecule has 0 unspecified atom stereocenters. The molecule has 192 valence electrons. The largest absolute Gasteiger partial charge is 2.00 e. The number of hydrogen-bond acceptors (Lipinski definition) is 10. The molecule has 0 saturated heterocycles. The van der Waals surface area contributed by atoms with Crippen LogP contribution in [0.4, 0.5) is 0 Å². The molecule has 4 rings (SSSR count). The predicted molar refractivity (Wildman–Crippen MR) is 97.4 cm³/mol. The van der Waals surface area contributed by atoms with Crippen LogP contribution in [-0.2, 0) is 34.1 Å². The number of carbonyl (C=O) groups is 4. The molecular formula is C20H12Cu2N6O8. The maximum Gasteiger partial charge on any atom is 2.00 e. The second kappa shape index (κ2) is 15.5.